The van der Waals surface area contributed by atoms with E-state index in [1.807, 2.05) is 6.07 Å². The fourth-order valence-electron chi connectivity index (χ4n) is 0.979. The van der Waals surface area contributed by atoms with Gasteiger partial charge in [-0.15, -0.1) is 0 Å². The molecule has 0 heterocycles. The molecule has 0 aromatic heterocycles. The van der Waals surface area contributed by atoms with Gasteiger partial charge in [-0.3, -0.25) is 0 Å². The van der Waals surface area contributed by atoms with Gasteiger partial charge in [0, 0.05) is 11.4 Å². The van der Waals surface area contributed by atoms with Crippen molar-refractivity contribution >= 4 is 17.4 Å². The molecule has 66 valence electrons. The molecule has 0 amide bonds. The summed E-state index contributed by atoms with van der Waals surface area (Å²) < 4.78 is 12.8. The van der Waals surface area contributed by atoms with Gasteiger partial charge < -0.3 is 5.73 Å². The average Bonchev–Trinajstić information content (AvgIpc) is 1.99. The minimum absolute atomic E-state index is 0.248. The molecule has 0 aliphatic heterocycles. The SMILES string of the molecule is CCSCc1cc(N)cc(F)c1. The molecule has 0 spiro atoms. The second kappa shape index (κ2) is 4.36. The Kier molecular flexibility index (Phi) is 3.41. The van der Waals surface area contributed by atoms with Crippen molar-refractivity contribution in [3.05, 3.63) is 29.6 Å². The van der Waals surface area contributed by atoms with Crippen LogP contribution in [0.3, 0.4) is 0 Å². The Morgan fingerprint density at radius 3 is 2.75 bits per heavy atom. The van der Waals surface area contributed by atoms with Crippen LogP contribution < -0.4 is 5.73 Å². The monoisotopic (exact) mass is 185 g/mol. The Balaban J connectivity index is 2.72. The minimum Gasteiger partial charge on any atom is -0.399 e. The van der Waals surface area contributed by atoms with Crippen LogP contribution in [0.25, 0.3) is 0 Å². The molecule has 3 heteroatoms. The molecule has 0 unspecified atom stereocenters. The lowest BCUT2D eigenvalue weighted by molar-refractivity contribution is 0.627. The zero-order chi connectivity index (χ0) is 8.97. The first kappa shape index (κ1) is 9.39. The minimum atomic E-state index is -0.248. The van der Waals surface area contributed by atoms with E-state index in [2.05, 4.69) is 6.92 Å². The second-order valence-electron chi connectivity index (χ2n) is 2.53. The first-order chi connectivity index (χ1) is 5.72. The number of hydrogen-bond acceptors (Lipinski definition) is 2. The van der Waals surface area contributed by atoms with Crippen molar-refractivity contribution in [3.63, 3.8) is 0 Å². The van der Waals surface area contributed by atoms with Crippen molar-refractivity contribution in [2.75, 3.05) is 11.5 Å². The standard InChI is InChI=1S/C9H12FNS/c1-2-12-6-7-3-8(10)5-9(11)4-7/h3-5H,2,6,11H2,1H3. The van der Waals surface area contributed by atoms with Gasteiger partial charge in [0.25, 0.3) is 0 Å². The van der Waals surface area contributed by atoms with Crippen LogP contribution in [0, 0.1) is 5.82 Å². The summed E-state index contributed by atoms with van der Waals surface area (Å²) in [6.07, 6.45) is 0. The maximum absolute atomic E-state index is 12.8. The summed E-state index contributed by atoms with van der Waals surface area (Å²) in [5.41, 5.74) is 6.94. The number of thioether (sulfide) groups is 1. The van der Waals surface area contributed by atoms with Crippen LogP contribution in [-0.4, -0.2) is 5.75 Å². The number of nitrogen functional groups attached to an aromatic ring is 1. The van der Waals surface area contributed by atoms with E-state index in [0.29, 0.717) is 5.69 Å². The van der Waals surface area contributed by atoms with E-state index in [9.17, 15) is 4.39 Å². The number of nitrogens with two attached hydrogens (primary N) is 1. The fourth-order valence-corrected chi connectivity index (χ4v) is 1.59. The molecule has 1 aromatic rings. The molecule has 1 aromatic carbocycles. The molecule has 1 nitrogen and oxygen atoms in total. The van der Waals surface area contributed by atoms with Crippen LogP contribution >= 0.6 is 11.8 Å². The van der Waals surface area contributed by atoms with E-state index in [-0.39, 0.29) is 5.82 Å². The topological polar surface area (TPSA) is 26.0 Å². The Morgan fingerprint density at radius 2 is 2.17 bits per heavy atom. The van der Waals surface area contributed by atoms with Gasteiger partial charge in [-0.1, -0.05) is 6.92 Å². The van der Waals surface area contributed by atoms with Crippen LogP contribution in [0.1, 0.15) is 12.5 Å². The van der Waals surface area contributed by atoms with Gasteiger partial charge in [0.15, 0.2) is 0 Å². The van der Waals surface area contributed by atoms with Crippen LogP contribution in [0.15, 0.2) is 18.2 Å². The van der Waals surface area contributed by atoms with Gasteiger partial charge in [-0.05, 0) is 29.5 Å². The highest BCUT2D eigenvalue weighted by Crippen LogP contribution is 2.16. The zero-order valence-corrected chi connectivity index (χ0v) is 7.83. The van der Waals surface area contributed by atoms with E-state index in [0.717, 1.165) is 17.1 Å². The van der Waals surface area contributed by atoms with Gasteiger partial charge in [0.05, 0.1) is 0 Å². The number of halogens is 1. The lowest BCUT2D eigenvalue weighted by Gasteiger charge is -2.01. The normalized spacial score (nSPS) is 10.2. The molecule has 2 N–H and O–H groups in total. The Bertz CT molecular complexity index is 242. The summed E-state index contributed by atoms with van der Waals surface area (Å²) in [4.78, 5) is 0. The predicted molar refractivity (Wildman–Crippen MR) is 52.6 cm³/mol. The lowest BCUT2D eigenvalue weighted by Crippen LogP contribution is -1.90. The smallest absolute Gasteiger partial charge is 0.125 e. The van der Waals surface area contributed by atoms with Gasteiger partial charge in [0.2, 0.25) is 0 Å². The number of anilines is 1. The van der Waals surface area contributed by atoms with Gasteiger partial charge >= 0.3 is 0 Å². The molecule has 0 saturated heterocycles. The van der Waals surface area contributed by atoms with Crippen molar-refractivity contribution in [3.8, 4) is 0 Å². The largest absolute Gasteiger partial charge is 0.399 e. The van der Waals surface area contributed by atoms with E-state index < -0.39 is 0 Å². The molecule has 0 aliphatic rings. The summed E-state index contributed by atoms with van der Waals surface area (Å²) in [7, 11) is 0. The molecular weight excluding hydrogens is 173 g/mol. The predicted octanol–water partition coefficient (Wildman–Crippen LogP) is 2.66. The summed E-state index contributed by atoms with van der Waals surface area (Å²) in [6, 6.07) is 4.67. The van der Waals surface area contributed by atoms with Gasteiger partial charge in [0.1, 0.15) is 5.82 Å². The molecule has 0 bridgehead atoms. The van der Waals surface area contributed by atoms with E-state index in [1.165, 1.54) is 12.1 Å². The first-order valence-corrected chi connectivity index (χ1v) is 5.00. The lowest BCUT2D eigenvalue weighted by atomic mass is 10.2. The van der Waals surface area contributed by atoms with Crippen LogP contribution in [-0.2, 0) is 5.75 Å². The highest BCUT2D eigenvalue weighted by molar-refractivity contribution is 7.98. The Morgan fingerprint density at radius 1 is 1.42 bits per heavy atom. The summed E-state index contributed by atoms with van der Waals surface area (Å²) in [6.45, 7) is 2.08. The second-order valence-corrected chi connectivity index (χ2v) is 3.80. The Labute approximate surface area is 76.2 Å². The maximum Gasteiger partial charge on any atom is 0.125 e. The van der Waals surface area contributed by atoms with E-state index in [4.69, 9.17) is 5.73 Å². The Hall–Kier alpha value is -0.700. The van der Waals surface area contributed by atoms with Gasteiger partial charge in [-0.2, -0.15) is 11.8 Å². The third kappa shape index (κ3) is 2.74. The molecular formula is C9H12FNS. The summed E-state index contributed by atoms with van der Waals surface area (Å²) in [5, 5.41) is 0. The van der Waals surface area contributed by atoms with Crippen molar-refractivity contribution in [2.24, 2.45) is 0 Å². The zero-order valence-electron chi connectivity index (χ0n) is 7.01. The third-order valence-corrected chi connectivity index (χ3v) is 2.40. The van der Waals surface area contributed by atoms with Crippen molar-refractivity contribution < 1.29 is 4.39 Å². The van der Waals surface area contributed by atoms with Crippen molar-refractivity contribution in [1.82, 2.24) is 0 Å². The molecule has 0 fully saturated rings. The van der Waals surface area contributed by atoms with Crippen LogP contribution in [0.4, 0.5) is 10.1 Å². The molecule has 0 aliphatic carbocycles. The quantitative estimate of drug-likeness (QED) is 0.733. The molecule has 0 atom stereocenters. The highest BCUT2D eigenvalue weighted by atomic mass is 32.2. The van der Waals surface area contributed by atoms with Crippen LogP contribution in [0.5, 0.6) is 0 Å². The van der Waals surface area contributed by atoms with Crippen molar-refractivity contribution in [1.29, 1.82) is 0 Å². The maximum atomic E-state index is 12.8. The molecule has 12 heavy (non-hydrogen) atoms. The number of rotatable bonds is 3. The van der Waals surface area contributed by atoms with Gasteiger partial charge in [-0.25, -0.2) is 4.39 Å². The summed E-state index contributed by atoms with van der Waals surface area (Å²) in [5.74, 6) is 1.62. The number of hydrogen-bond donors (Lipinski definition) is 1. The number of benzene rings is 1. The summed E-state index contributed by atoms with van der Waals surface area (Å²) >= 11 is 1.76. The molecule has 0 saturated carbocycles. The van der Waals surface area contributed by atoms with E-state index >= 15 is 0 Å². The highest BCUT2D eigenvalue weighted by Gasteiger charge is 1.97. The van der Waals surface area contributed by atoms with Crippen LogP contribution in [0.2, 0.25) is 0 Å². The molecule has 0 radical (unpaired) electrons. The third-order valence-electron chi connectivity index (χ3n) is 1.45. The first-order valence-electron chi connectivity index (χ1n) is 3.85. The molecule has 1 rings (SSSR count). The fraction of sp³-hybridized carbons (Fsp3) is 0.333. The van der Waals surface area contributed by atoms with E-state index in [1.54, 1.807) is 11.8 Å². The average molecular weight is 185 g/mol. The van der Waals surface area contributed by atoms with Crippen molar-refractivity contribution in [2.45, 2.75) is 12.7 Å².